The van der Waals surface area contributed by atoms with Crippen molar-refractivity contribution in [2.24, 2.45) is 0 Å². The minimum atomic E-state index is 0.0875. The molecule has 1 unspecified atom stereocenters. The van der Waals surface area contributed by atoms with Gasteiger partial charge in [0, 0.05) is 31.1 Å². The maximum absolute atomic E-state index is 12.4. The minimum absolute atomic E-state index is 0.0875. The predicted molar refractivity (Wildman–Crippen MR) is 81.9 cm³/mol. The highest BCUT2D eigenvalue weighted by atomic mass is 35.5. The van der Waals surface area contributed by atoms with Crippen molar-refractivity contribution >= 4 is 17.5 Å². The topological polar surface area (TPSA) is 44.4 Å². The van der Waals surface area contributed by atoms with Crippen LogP contribution in [0.4, 0.5) is 0 Å². The molecule has 1 fully saturated rings. The van der Waals surface area contributed by atoms with Crippen LogP contribution < -0.4 is 10.6 Å². The van der Waals surface area contributed by atoms with E-state index in [1.807, 2.05) is 36.2 Å². The van der Waals surface area contributed by atoms with Crippen molar-refractivity contribution in [3.63, 3.8) is 0 Å². The second kappa shape index (κ2) is 7.62. The van der Waals surface area contributed by atoms with Crippen LogP contribution >= 0.6 is 11.6 Å². The third kappa shape index (κ3) is 3.95. The first-order valence-electron chi connectivity index (χ1n) is 7.12. The number of benzene rings is 1. The molecule has 1 heterocycles. The average Bonchev–Trinajstić information content (AvgIpc) is 2.47. The zero-order valence-electron chi connectivity index (χ0n) is 11.9. The minimum Gasteiger partial charge on any atom is -0.333 e. The van der Waals surface area contributed by atoms with Gasteiger partial charge >= 0.3 is 0 Å². The smallest absolute Gasteiger partial charge is 0.223 e. The van der Waals surface area contributed by atoms with Gasteiger partial charge in [0.15, 0.2) is 0 Å². The molecule has 0 aromatic heterocycles. The third-order valence-electron chi connectivity index (χ3n) is 3.61. The van der Waals surface area contributed by atoms with Crippen LogP contribution in [0.25, 0.3) is 0 Å². The second-order valence-corrected chi connectivity index (χ2v) is 5.51. The van der Waals surface area contributed by atoms with Gasteiger partial charge in [-0.2, -0.15) is 0 Å². The number of carbonyl (C=O) groups is 1. The summed E-state index contributed by atoms with van der Waals surface area (Å²) in [5.74, 6) is 0.228. The van der Waals surface area contributed by atoms with E-state index in [9.17, 15) is 4.79 Å². The summed E-state index contributed by atoms with van der Waals surface area (Å²) in [6.07, 6.45) is 1.47. The summed E-state index contributed by atoms with van der Waals surface area (Å²) >= 11 is 6.06. The average molecular weight is 296 g/mol. The van der Waals surface area contributed by atoms with Crippen LogP contribution in [0, 0.1) is 0 Å². The van der Waals surface area contributed by atoms with Crippen LogP contribution in [0.3, 0.4) is 0 Å². The molecule has 0 radical (unpaired) electrons. The standard InChI is InChI=1S/C15H22ClN3O/c1-17-7-3-6-15(20)19-9-8-18-11-14(19)12-4-2-5-13(16)10-12/h2,4-5,10,14,17-18H,3,6-9,11H2,1H3. The maximum Gasteiger partial charge on any atom is 0.223 e. The second-order valence-electron chi connectivity index (χ2n) is 5.07. The Kier molecular flexibility index (Phi) is 5.83. The number of nitrogens with zero attached hydrogens (tertiary/aromatic N) is 1. The molecule has 1 amide bonds. The molecule has 5 heteroatoms. The van der Waals surface area contributed by atoms with Gasteiger partial charge in [-0.15, -0.1) is 0 Å². The van der Waals surface area contributed by atoms with E-state index in [-0.39, 0.29) is 11.9 Å². The van der Waals surface area contributed by atoms with Crippen LogP contribution in [0.5, 0.6) is 0 Å². The molecule has 0 bridgehead atoms. The van der Waals surface area contributed by atoms with Crippen LogP contribution in [-0.4, -0.2) is 44.0 Å². The Morgan fingerprint density at radius 3 is 3.15 bits per heavy atom. The number of hydrogen-bond acceptors (Lipinski definition) is 3. The molecule has 4 nitrogen and oxygen atoms in total. The molecule has 1 aliphatic heterocycles. The maximum atomic E-state index is 12.4. The van der Waals surface area contributed by atoms with Crippen LogP contribution in [-0.2, 0) is 4.79 Å². The summed E-state index contributed by atoms with van der Waals surface area (Å²) in [5.41, 5.74) is 1.10. The van der Waals surface area contributed by atoms with Crippen molar-refractivity contribution in [3.8, 4) is 0 Å². The molecule has 1 aliphatic rings. The van der Waals surface area contributed by atoms with Crippen LogP contribution in [0.2, 0.25) is 5.02 Å². The molecule has 1 aromatic rings. The molecular formula is C15H22ClN3O. The Labute approximate surface area is 125 Å². The van der Waals surface area contributed by atoms with E-state index in [0.717, 1.165) is 43.2 Å². The third-order valence-corrected chi connectivity index (χ3v) is 3.85. The molecule has 0 aliphatic carbocycles. The highest BCUT2D eigenvalue weighted by molar-refractivity contribution is 6.30. The molecule has 110 valence electrons. The van der Waals surface area contributed by atoms with Gasteiger partial charge in [0.1, 0.15) is 0 Å². The number of carbonyl (C=O) groups excluding carboxylic acids is 1. The van der Waals surface area contributed by atoms with Crippen molar-refractivity contribution in [3.05, 3.63) is 34.9 Å². The Balaban J connectivity index is 2.07. The molecule has 2 rings (SSSR count). The summed E-state index contributed by atoms with van der Waals surface area (Å²) in [6, 6.07) is 7.88. The van der Waals surface area contributed by atoms with E-state index in [4.69, 9.17) is 11.6 Å². The van der Waals surface area contributed by atoms with Gasteiger partial charge in [-0.1, -0.05) is 23.7 Å². The van der Waals surface area contributed by atoms with E-state index < -0.39 is 0 Å². The fraction of sp³-hybridized carbons (Fsp3) is 0.533. The van der Waals surface area contributed by atoms with E-state index >= 15 is 0 Å². The van der Waals surface area contributed by atoms with Gasteiger partial charge in [0.05, 0.1) is 6.04 Å². The first-order valence-corrected chi connectivity index (χ1v) is 7.50. The molecule has 20 heavy (non-hydrogen) atoms. The molecular weight excluding hydrogens is 274 g/mol. The highest BCUT2D eigenvalue weighted by Crippen LogP contribution is 2.25. The Morgan fingerprint density at radius 1 is 1.55 bits per heavy atom. The van der Waals surface area contributed by atoms with Crippen molar-refractivity contribution in [2.45, 2.75) is 18.9 Å². The first-order chi connectivity index (χ1) is 9.72. The monoisotopic (exact) mass is 295 g/mol. The van der Waals surface area contributed by atoms with Crippen molar-refractivity contribution in [2.75, 3.05) is 33.2 Å². The van der Waals surface area contributed by atoms with E-state index in [2.05, 4.69) is 10.6 Å². The van der Waals surface area contributed by atoms with Gasteiger partial charge in [-0.3, -0.25) is 4.79 Å². The van der Waals surface area contributed by atoms with Gasteiger partial charge in [0.25, 0.3) is 0 Å². The van der Waals surface area contributed by atoms with Crippen LogP contribution in [0.15, 0.2) is 24.3 Å². The zero-order chi connectivity index (χ0) is 14.4. The largest absolute Gasteiger partial charge is 0.333 e. The lowest BCUT2D eigenvalue weighted by Gasteiger charge is -2.36. The molecule has 0 spiro atoms. The van der Waals surface area contributed by atoms with Crippen molar-refractivity contribution in [1.29, 1.82) is 0 Å². The quantitative estimate of drug-likeness (QED) is 0.815. The highest BCUT2D eigenvalue weighted by Gasteiger charge is 2.27. The lowest BCUT2D eigenvalue weighted by molar-refractivity contribution is -0.134. The van der Waals surface area contributed by atoms with E-state index in [1.165, 1.54) is 0 Å². The van der Waals surface area contributed by atoms with Gasteiger partial charge in [0.2, 0.25) is 5.91 Å². The van der Waals surface area contributed by atoms with Gasteiger partial charge < -0.3 is 15.5 Å². The van der Waals surface area contributed by atoms with Crippen LogP contribution in [0.1, 0.15) is 24.4 Å². The lowest BCUT2D eigenvalue weighted by Crippen LogP contribution is -2.48. The predicted octanol–water partition coefficient (Wildman–Crippen LogP) is 1.81. The molecule has 0 saturated carbocycles. The number of rotatable bonds is 5. The van der Waals surface area contributed by atoms with Gasteiger partial charge in [-0.05, 0) is 37.7 Å². The number of piperazine rings is 1. The SMILES string of the molecule is CNCCCC(=O)N1CCNCC1c1cccc(Cl)c1. The fourth-order valence-electron chi connectivity index (χ4n) is 2.57. The lowest BCUT2D eigenvalue weighted by atomic mass is 10.0. The number of halogens is 1. The van der Waals surface area contributed by atoms with Crippen molar-refractivity contribution < 1.29 is 4.79 Å². The normalized spacial score (nSPS) is 19.1. The van der Waals surface area contributed by atoms with Crippen molar-refractivity contribution in [1.82, 2.24) is 15.5 Å². The number of amides is 1. The zero-order valence-corrected chi connectivity index (χ0v) is 12.6. The van der Waals surface area contributed by atoms with E-state index in [0.29, 0.717) is 6.42 Å². The summed E-state index contributed by atoms with van der Waals surface area (Å²) in [4.78, 5) is 14.4. The fourth-order valence-corrected chi connectivity index (χ4v) is 2.77. The van der Waals surface area contributed by atoms with E-state index in [1.54, 1.807) is 0 Å². The summed E-state index contributed by atoms with van der Waals surface area (Å²) in [7, 11) is 1.91. The summed E-state index contributed by atoms with van der Waals surface area (Å²) < 4.78 is 0. The molecule has 1 saturated heterocycles. The van der Waals surface area contributed by atoms with Gasteiger partial charge in [-0.25, -0.2) is 0 Å². The number of nitrogens with one attached hydrogen (secondary N) is 2. The molecule has 2 N–H and O–H groups in total. The number of hydrogen-bond donors (Lipinski definition) is 2. The molecule has 1 aromatic carbocycles. The first kappa shape index (κ1) is 15.3. The summed E-state index contributed by atoms with van der Waals surface area (Å²) in [6.45, 7) is 3.28. The molecule has 1 atom stereocenters. The summed E-state index contributed by atoms with van der Waals surface area (Å²) in [5, 5.41) is 7.15. The Bertz CT molecular complexity index is 452. The Hall–Kier alpha value is -1.10. The Morgan fingerprint density at radius 2 is 2.40 bits per heavy atom.